The third-order valence-electron chi connectivity index (χ3n) is 10.7. The van der Waals surface area contributed by atoms with Gasteiger partial charge in [0.2, 0.25) is 0 Å². The van der Waals surface area contributed by atoms with E-state index in [9.17, 15) is 0 Å². The van der Waals surface area contributed by atoms with Crippen LogP contribution < -0.4 is 42.4 Å². The average Bonchev–Trinajstić information content (AvgIpc) is 3.23. The second-order valence-corrected chi connectivity index (χ2v) is 13.6. The molecule has 0 fully saturated rings. The first-order valence-corrected chi connectivity index (χ1v) is 18.0. The van der Waals surface area contributed by atoms with Crippen molar-refractivity contribution in [3.63, 3.8) is 0 Å². The summed E-state index contributed by atoms with van der Waals surface area (Å²) in [6, 6.07) is 72.2. The highest BCUT2D eigenvalue weighted by Crippen LogP contribution is 2.39. The summed E-state index contributed by atoms with van der Waals surface area (Å²) in [5.41, 5.74) is 15.6. The van der Waals surface area contributed by atoms with Gasteiger partial charge in [-0.25, -0.2) is 0 Å². The van der Waals surface area contributed by atoms with Gasteiger partial charge in [-0.1, -0.05) is 181 Å². The molecule has 0 unspecified atom stereocenters. The Morgan fingerprint density at radius 1 is 0.346 bits per heavy atom. The fourth-order valence-corrected chi connectivity index (χ4v) is 8.50. The molecule has 4 heteroatoms. The minimum Gasteiger partial charge on any atom is -0.459 e. The average molecular weight is 661 g/mol. The molecule has 8 aromatic carbocycles. The molecule has 242 valence electrons. The summed E-state index contributed by atoms with van der Waals surface area (Å²) in [5, 5.41) is 0. The predicted molar refractivity (Wildman–Crippen MR) is 221 cm³/mol. The lowest BCUT2D eigenvalue weighted by molar-refractivity contribution is 0.491. The lowest BCUT2D eigenvalue weighted by Gasteiger charge is -2.40. The molecule has 0 bridgehead atoms. The van der Waals surface area contributed by atoms with Crippen LogP contribution in [-0.4, -0.2) is 13.4 Å². The normalized spacial score (nSPS) is 12.7. The van der Waals surface area contributed by atoms with Crippen LogP contribution in [0.4, 0.5) is 17.1 Å². The molecule has 0 radical (unpaired) electrons. The van der Waals surface area contributed by atoms with E-state index in [1.165, 1.54) is 60.7 Å². The third kappa shape index (κ3) is 4.91. The lowest BCUT2D eigenvalue weighted by Crippen LogP contribution is -2.62. The largest absolute Gasteiger partial charge is 0.459 e. The van der Waals surface area contributed by atoms with Crippen LogP contribution in [0.25, 0.3) is 22.3 Å². The number of hydrogen-bond acceptors (Lipinski definition) is 2. The summed E-state index contributed by atoms with van der Waals surface area (Å²) in [6.45, 7) is -0.123. The number of ether oxygens (including phenoxy) is 1. The van der Waals surface area contributed by atoms with E-state index < -0.39 is 0 Å². The van der Waals surface area contributed by atoms with Crippen molar-refractivity contribution in [1.82, 2.24) is 0 Å². The standard InChI is InChI=1S/C48H33B2NO/c1-4-18-34(19-5-1)37-24-10-12-26-39(37)49-42-29-15-17-31-46(42)52-48-43(49)32-33-45-47(48)50(40-27-13-11-25-38(40)35-20-6-2-7-21-35)41-28-14-16-30-44(41)51(45)36-22-8-3-9-23-36/h1-33H. The molecule has 2 aliphatic heterocycles. The van der Waals surface area contributed by atoms with Gasteiger partial charge in [-0.15, -0.1) is 0 Å². The molecule has 10 rings (SSSR count). The van der Waals surface area contributed by atoms with Crippen LogP contribution in [-0.2, 0) is 0 Å². The number of nitrogens with zero attached hydrogens (tertiary/aromatic N) is 1. The molecule has 0 atom stereocenters. The summed E-state index contributed by atoms with van der Waals surface area (Å²) >= 11 is 0. The van der Waals surface area contributed by atoms with Crippen LogP contribution in [0.5, 0.6) is 11.5 Å². The van der Waals surface area contributed by atoms with Crippen molar-refractivity contribution in [3.8, 4) is 33.8 Å². The van der Waals surface area contributed by atoms with Crippen molar-refractivity contribution in [2.24, 2.45) is 0 Å². The van der Waals surface area contributed by atoms with E-state index in [-0.39, 0.29) is 13.4 Å². The van der Waals surface area contributed by atoms with Gasteiger partial charge in [0.15, 0.2) is 0 Å². The van der Waals surface area contributed by atoms with Crippen LogP contribution in [0.15, 0.2) is 200 Å². The second-order valence-electron chi connectivity index (χ2n) is 13.6. The fourth-order valence-electron chi connectivity index (χ4n) is 8.50. The molecule has 2 nitrogen and oxygen atoms in total. The van der Waals surface area contributed by atoms with Gasteiger partial charge in [-0.05, 0) is 74.4 Å². The summed E-state index contributed by atoms with van der Waals surface area (Å²) in [4.78, 5) is 2.42. The molecule has 8 aromatic rings. The second kappa shape index (κ2) is 12.7. The number of rotatable bonds is 5. The molecule has 0 saturated carbocycles. The zero-order valence-electron chi connectivity index (χ0n) is 28.6. The van der Waals surface area contributed by atoms with E-state index >= 15 is 0 Å². The van der Waals surface area contributed by atoms with Crippen molar-refractivity contribution in [3.05, 3.63) is 200 Å². The molecule has 0 saturated heterocycles. The van der Waals surface area contributed by atoms with Gasteiger partial charge in [-0.3, -0.25) is 0 Å². The molecular formula is C48H33B2NO. The number of anilines is 3. The van der Waals surface area contributed by atoms with E-state index in [1.54, 1.807) is 0 Å². The maximum atomic E-state index is 7.24. The first-order valence-electron chi connectivity index (χ1n) is 18.0. The Morgan fingerprint density at radius 3 is 1.50 bits per heavy atom. The van der Waals surface area contributed by atoms with Gasteiger partial charge in [0.1, 0.15) is 11.5 Å². The Kier molecular flexibility index (Phi) is 7.39. The molecule has 0 spiro atoms. The minimum atomic E-state index is -0.0900. The summed E-state index contributed by atoms with van der Waals surface area (Å²) in [7, 11) is 0. The number of benzene rings is 8. The lowest BCUT2D eigenvalue weighted by atomic mass is 9.31. The van der Waals surface area contributed by atoms with Gasteiger partial charge in [0.25, 0.3) is 13.4 Å². The Balaban J connectivity index is 1.29. The first kappa shape index (κ1) is 30.3. The molecule has 2 aliphatic rings. The van der Waals surface area contributed by atoms with Gasteiger partial charge in [0, 0.05) is 17.1 Å². The zero-order chi connectivity index (χ0) is 34.4. The smallest absolute Gasteiger partial charge is 0.252 e. The number of fused-ring (bicyclic) bond motifs is 5. The molecular weight excluding hydrogens is 628 g/mol. The monoisotopic (exact) mass is 661 g/mol. The predicted octanol–water partition coefficient (Wildman–Crippen LogP) is 7.94. The fraction of sp³-hybridized carbons (Fsp3) is 0. The first-order chi connectivity index (χ1) is 25.8. The van der Waals surface area contributed by atoms with Gasteiger partial charge < -0.3 is 9.64 Å². The Hall–Kier alpha value is -6.51. The van der Waals surface area contributed by atoms with Gasteiger partial charge in [0.05, 0.1) is 0 Å². The van der Waals surface area contributed by atoms with E-state index in [0.29, 0.717) is 0 Å². The molecule has 0 N–H and O–H groups in total. The molecule has 0 aliphatic carbocycles. The van der Waals surface area contributed by atoms with Crippen molar-refractivity contribution >= 4 is 63.3 Å². The van der Waals surface area contributed by atoms with Gasteiger partial charge >= 0.3 is 0 Å². The van der Waals surface area contributed by atoms with Crippen LogP contribution >= 0.6 is 0 Å². The van der Waals surface area contributed by atoms with Crippen molar-refractivity contribution in [1.29, 1.82) is 0 Å². The maximum absolute atomic E-state index is 7.24. The van der Waals surface area contributed by atoms with E-state index in [1.807, 2.05) is 0 Å². The highest BCUT2D eigenvalue weighted by molar-refractivity contribution is 7.01. The quantitative estimate of drug-likeness (QED) is 0.174. The number of para-hydroxylation sites is 3. The highest BCUT2D eigenvalue weighted by Gasteiger charge is 2.43. The van der Waals surface area contributed by atoms with Crippen LogP contribution in [0, 0.1) is 0 Å². The summed E-state index contributed by atoms with van der Waals surface area (Å²) in [6.07, 6.45) is 0. The van der Waals surface area contributed by atoms with Crippen LogP contribution in [0.3, 0.4) is 0 Å². The van der Waals surface area contributed by atoms with Gasteiger partial charge in [-0.2, -0.15) is 0 Å². The maximum Gasteiger partial charge on any atom is 0.252 e. The highest BCUT2D eigenvalue weighted by atomic mass is 16.5. The van der Waals surface area contributed by atoms with Crippen molar-refractivity contribution in [2.45, 2.75) is 0 Å². The van der Waals surface area contributed by atoms with Crippen LogP contribution in [0.2, 0.25) is 0 Å². The topological polar surface area (TPSA) is 12.5 Å². The Bertz CT molecular complexity index is 2570. The zero-order valence-corrected chi connectivity index (χ0v) is 28.6. The Labute approximate surface area is 305 Å². The van der Waals surface area contributed by atoms with E-state index in [4.69, 9.17) is 4.74 Å². The SMILES string of the molecule is c1ccc(-c2ccccc2B2c3ccccc3Oc3c2ccc2c3B(c3ccccc3-c3ccccc3)c3ccccc3N2c2ccccc2)cc1. The summed E-state index contributed by atoms with van der Waals surface area (Å²) in [5.74, 6) is 1.84. The molecule has 0 aromatic heterocycles. The van der Waals surface area contributed by atoms with Crippen LogP contribution in [0.1, 0.15) is 0 Å². The minimum absolute atomic E-state index is 0.0333. The third-order valence-corrected chi connectivity index (χ3v) is 10.7. The van der Waals surface area contributed by atoms with E-state index in [2.05, 4.69) is 205 Å². The van der Waals surface area contributed by atoms with Crippen molar-refractivity contribution < 1.29 is 4.74 Å². The van der Waals surface area contributed by atoms with Crippen molar-refractivity contribution in [2.75, 3.05) is 4.90 Å². The van der Waals surface area contributed by atoms with E-state index in [0.717, 1.165) is 22.9 Å². The molecule has 52 heavy (non-hydrogen) atoms. The Morgan fingerprint density at radius 2 is 0.846 bits per heavy atom. The molecule has 0 amide bonds. The summed E-state index contributed by atoms with van der Waals surface area (Å²) < 4.78 is 7.24. The molecule has 2 heterocycles. The number of hydrogen-bond donors (Lipinski definition) is 0.